The molecule has 0 aliphatic carbocycles. The van der Waals surface area contributed by atoms with Crippen LogP contribution in [0.1, 0.15) is 23.7 Å². The van der Waals surface area contributed by atoms with Gasteiger partial charge < -0.3 is 0 Å². The third-order valence-corrected chi connectivity index (χ3v) is 5.36. The molecule has 0 N–H and O–H groups in total. The van der Waals surface area contributed by atoms with Crippen LogP contribution < -0.4 is 0 Å². The van der Waals surface area contributed by atoms with Gasteiger partial charge in [0.2, 0.25) is 0 Å². The molecule has 28 heavy (non-hydrogen) atoms. The van der Waals surface area contributed by atoms with Crippen molar-refractivity contribution in [2.24, 2.45) is 0 Å². The summed E-state index contributed by atoms with van der Waals surface area (Å²) in [7, 11) is -1.81. The van der Waals surface area contributed by atoms with Crippen molar-refractivity contribution in [2.75, 3.05) is 5.75 Å². The van der Waals surface area contributed by atoms with Crippen LogP contribution in [0.2, 0.25) is 0 Å². The van der Waals surface area contributed by atoms with Crippen molar-refractivity contribution < 1.29 is 30.6 Å². The number of halogens is 6. The lowest BCUT2D eigenvalue weighted by Crippen LogP contribution is -2.09. The molecule has 0 aliphatic heterocycles. The van der Waals surface area contributed by atoms with Gasteiger partial charge in [0.05, 0.1) is 32.3 Å². The Labute approximate surface area is 162 Å². The van der Waals surface area contributed by atoms with Gasteiger partial charge >= 0.3 is 12.4 Å². The highest BCUT2D eigenvalue weighted by Gasteiger charge is 2.33. The van der Waals surface area contributed by atoms with Crippen LogP contribution in [0.5, 0.6) is 0 Å². The Morgan fingerprint density at radius 1 is 1.04 bits per heavy atom. The van der Waals surface area contributed by atoms with Crippen LogP contribution in [-0.2, 0) is 23.2 Å². The van der Waals surface area contributed by atoms with Crippen molar-refractivity contribution >= 4 is 22.1 Å². The number of aryl methyl sites for hydroxylation is 1. The van der Waals surface area contributed by atoms with Crippen LogP contribution in [0.15, 0.2) is 34.9 Å². The summed E-state index contributed by atoms with van der Waals surface area (Å²) in [4.78, 5) is 11.1. The summed E-state index contributed by atoms with van der Waals surface area (Å²) in [6.07, 6.45) is -8.16. The molecule has 1 atom stereocenters. The molecule has 0 aliphatic rings. The number of pyridine rings is 1. The van der Waals surface area contributed by atoms with Crippen molar-refractivity contribution in [1.82, 2.24) is 15.0 Å². The standard InChI is InChI=1S/C16H13F6N3OS2/c1-3-28(26)12-5-11(16(20,21)22)7-24-13(12)14-25-9(2)4-10(15(17,18)19)6-23-8-27-14/h4-8H,3H2,1-2H3. The molecule has 0 saturated heterocycles. The van der Waals surface area contributed by atoms with Gasteiger partial charge in [-0.25, -0.2) is 4.98 Å². The molecule has 2 aromatic rings. The smallest absolute Gasteiger partial charge is 0.254 e. The summed E-state index contributed by atoms with van der Waals surface area (Å²) in [5.74, 6) is 0.0244. The molecular weight excluding hydrogens is 428 g/mol. The number of nitrogens with zero attached hydrogens (tertiary/aromatic N) is 3. The molecule has 12 heteroatoms. The summed E-state index contributed by atoms with van der Waals surface area (Å²) in [6.45, 7) is 2.82. The summed E-state index contributed by atoms with van der Waals surface area (Å²) < 4.78 is 90.1. The van der Waals surface area contributed by atoms with Crippen molar-refractivity contribution in [1.29, 1.82) is 0 Å². The Morgan fingerprint density at radius 2 is 1.64 bits per heavy atom. The van der Waals surface area contributed by atoms with E-state index in [1.54, 1.807) is 0 Å². The quantitative estimate of drug-likeness (QED) is 0.615. The van der Waals surface area contributed by atoms with E-state index in [9.17, 15) is 30.6 Å². The Kier molecular flexibility index (Phi) is 6.75. The van der Waals surface area contributed by atoms with Crippen molar-refractivity contribution in [2.45, 2.75) is 31.1 Å². The molecule has 2 rings (SSSR count). The maximum absolute atomic E-state index is 13.0. The molecule has 2 aromatic heterocycles. The van der Waals surface area contributed by atoms with E-state index < -0.39 is 34.3 Å². The predicted octanol–water partition coefficient (Wildman–Crippen LogP) is 5.20. The molecule has 0 aromatic carbocycles. The Morgan fingerprint density at radius 3 is 2.21 bits per heavy atom. The average Bonchev–Trinajstić information content (AvgIpc) is 2.69. The number of rotatable bonds is 3. The van der Waals surface area contributed by atoms with Gasteiger partial charge in [0.25, 0.3) is 0 Å². The van der Waals surface area contributed by atoms with Gasteiger partial charge in [-0.1, -0.05) is 6.92 Å². The average molecular weight is 441 g/mol. The van der Waals surface area contributed by atoms with Gasteiger partial charge in [-0.3, -0.25) is 14.2 Å². The molecule has 0 amide bonds. The minimum Gasteiger partial charge on any atom is -0.254 e. The molecule has 1 unspecified atom stereocenters. The van der Waals surface area contributed by atoms with E-state index >= 15 is 0 Å². The lowest BCUT2D eigenvalue weighted by atomic mass is 10.2. The highest BCUT2D eigenvalue weighted by molar-refractivity contribution is 7.85. The fourth-order valence-electron chi connectivity index (χ4n) is 2.03. The second-order valence-corrected chi connectivity index (χ2v) is 7.90. The Hall–Kier alpha value is -2.08. The Balaban J connectivity index is 2.74. The number of hydrogen-bond donors (Lipinski definition) is 0. The first-order valence-electron chi connectivity index (χ1n) is 7.62. The fourth-order valence-corrected chi connectivity index (χ4v) is 3.72. The van der Waals surface area contributed by atoms with Crippen molar-refractivity contribution in [3.63, 3.8) is 0 Å². The zero-order valence-corrected chi connectivity index (χ0v) is 16.1. The van der Waals surface area contributed by atoms with Gasteiger partial charge in [0.15, 0.2) is 0 Å². The van der Waals surface area contributed by atoms with E-state index in [2.05, 4.69) is 15.0 Å². The van der Waals surface area contributed by atoms with Crippen molar-refractivity contribution in [3.05, 3.63) is 46.9 Å². The zero-order chi connectivity index (χ0) is 21.1. The zero-order valence-electron chi connectivity index (χ0n) is 14.4. The van der Waals surface area contributed by atoms with Gasteiger partial charge in [0, 0.05) is 23.8 Å². The lowest BCUT2D eigenvalue weighted by Gasteiger charge is -2.11. The highest BCUT2D eigenvalue weighted by atomic mass is 32.2. The molecule has 152 valence electrons. The van der Waals surface area contributed by atoms with Crippen LogP contribution in [0.25, 0.3) is 10.7 Å². The van der Waals surface area contributed by atoms with E-state index in [1.165, 1.54) is 13.8 Å². The van der Waals surface area contributed by atoms with Gasteiger partial charge in [-0.2, -0.15) is 26.3 Å². The van der Waals surface area contributed by atoms with E-state index in [-0.39, 0.29) is 27.0 Å². The second-order valence-electron chi connectivity index (χ2n) is 5.36. The topological polar surface area (TPSA) is 55.7 Å². The third-order valence-electron chi connectivity index (χ3n) is 3.30. The predicted molar refractivity (Wildman–Crippen MR) is 92.5 cm³/mol. The molecular formula is C16H13F6N3OS2. The molecule has 0 bridgehead atoms. The van der Waals surface area contributed by atoms with E-state index in [0.717, 1.165) is 22.9 Å². The van der Waals surface area contributed by atoms with Crippen LogP contribution in [-0.4, -0.2) is 24.9 Å². The van der Waals surface area contributed by atoms with E-state index in [1.807, 2.05) is 0 Å². The number of alkyl halides is 6. The minimum atomic E-state index is -4.69. The summed E-state index contributed by atoms with van der Waals surface area (Å²) in [5, 5.41) is -0.0140. The van der Waals surface area contributed by atoms with Crippen molar-refractivity contribution in [3.8, 4) is 10.7 Å². The van der Waals surface area contributed by atoms with Gasteiger partial charge in [-0.15, -0.1) is 11.3 Å². The molecule has 0 fully saturated rings. The fraction of sp³-hybridized carbons (Fsp3) is 0.312. The molecule has 0 radical (unpaired) electrons. The number of aromatic nitrogens is 3. The largest absolute Gasteiger partial charge is 0.417 e. The second kappa shape index (κ2) is 8.52. The Bertz CT molecular complexity index is 939. The number of hydrogen-bond acceptors (Lipinski definition) is 5. The van der Waals surface area contributed by atoms with Crippen LogP contribution in [0, 0.1) is 6.92 Å². The summed E-state index contributed by atoms with van der Waals surface area (Å²) in [5.41, 5.74) is -1.23. The molecule has 4 nitrogen and oxygen atoms in total. The highest BCUT2D eigenvalue weighted by Crippen LogP contribution is 2.34. The van der Waals surface area contributed by atoms with E-state index in [4.69, 9.17) is 0 Å². The van der Waals surface area contributed by atoms with Crippen LogP contribution in [0.4, 0.5) is 26.3 Å². The molecule has 0 spiro atoms. The summed E-state index contributed by atoms with van der Waals surface area (Å²) >= 11 is 0.763. The van der Waals surface area contributed by atoms with Gasteiger partial charge in [0.1, 0.15) is 10.7 Å². The van der Waals surface area contributed by atoms with E-state index in [0.29, 0.717) is 18.5 Å². The van der Waals surface area contributed by atoms with Crippen LogP contribution in [0.3, 0.4) is 0 Å². The normalized spacial score (nSPS) is 13.1. The first kappa shape index (κ1) is 22.2. The maximum Gasteiger partial charge on any atom is 0.417 e. The molecule has 0 saturated carbocycles. The first-order chi connectivity index (χ1) is 12.9. The monoisotopic (exact) mass is 441 g/mol. The van der Waals surface area contributed by atoms with Crippen LogP contribution >= 0.6 is 11.3 Å². The first-order valence-corrected chi connectivity index (χ1v) is 9.82. The third kappa shape index (κ3) is 5.47. The van der Waals surface area contributed by atoms with Gasteiger partial charge in [-0.05, 0) is 19.1 Å². The molecule has 2 heterocycles. The summed E-state index contributed by atoms with van der Waals surface area (Å²) in [6, 6.07) is 1.47. The maximum atomic E-state index is 13.0. The minimum absolute atomic E-state index is 0.0140. The SMILES string of the molecule is CCS(=O)c1cc(C(F)(F)F)cnc1-c1nc(C)cc(C(F)(F)F)cncs1. The lowest BCUT2D eigenvalue weighted by molar-refractivity contribution is -0.138.